The van der Waals surface area contributed by atoms with E-state index >= 15 is 0 Å². The summed E-state index contributed by atoms with van der Waals surface area (Å²) >= 11 is 13.8. The van der Waals surface area contributed by atoms with E-state index in [-0.39, 0.29) is 11.9 Å². The molecule has 0 bridgehead atoms. The molecular formula is C19H19Cl2NO3S. The van der Waals surface area contributed by atoms with Crippen LogP contribution in [-0.4, -0.2) is 24.9 Å². The number of carbonyl (C=O) groups is 1. The summed E-state index contributed by atoms with van der Waals surface area (Å²) < 4.78 is 11.1. The van der Waals surface area contributed by atoms with E-state index in [1.807, 2.05) is 25.1 Å². The number of ether oxygens (including phenoxy) is 2. The van der Waals surface area contributed by atoms with Gasteiger partial charge in [-0.05, 0) is 42.3 Å². The minimum atomic E-state index is -0.122. The van der Waals surface area contributed by atoms with Gasteiger partial charge in [0.1, 0.15) is 13.2 Å². The quantitative estimate of drug-likeness (QED) is 0.735. The molecule has 2 aromatic carbocycles. The number of hydrogen-bond donors (Lipinski definition) is 1. The Balaban J connectivity index is 1.51. The van der Waals surface area contributed by atoms with Crippen LogP contribution in [0.15, 0.2) is 36.4 Å². The highest BCUT2D eigenvalue weighted by molar-refractivity contribution is 7.99. The van der Waals surface area contributed by atoms with Crippen molar-refractivity contribution < 1.29 is 14.3 Å². The molecule has 1 amide bonds. The van der Waals surface area contributed by atoms with E-state index in [0.29, 0.717) is 34.8 Å². The van der Waals surface area contributed by atoms with E-state index in [2.05, 4.69) is 5.32 Å². The average Bonchev–Trinajstić information content (AvgIpc) is 2.63. The number of nitrogens with one attached hydrogen (secondary N) is 1. The van der Waals surface area contributed by atoms with Gasteiger partial charge in [0.05, 0.1) is 11.8 Å². The Hall–Kier alpha value is -1.56. The Morgan fingerprint density at radius 1 is 1.15 bits per heavy atom. The van der Waals surface area contributed by atoms with Crippen molar-refractivity contribution in [1.82, 2.24) is 5.32 Å². The molecule has 0 aliphatic carbocycles. The zero-order chi connectivity index (χ0) is 18.5. The number of thioether (sulfide) groups is 1. The number of amides is 1. The number of carbonyl (C=O) groups excluding carboxylic acids is 1. The topological polar surface area (TPSA) is 47.6 Å². The van der Waals surface area contributed by atoms with Crippen molar-refractivity contribution >= 4 is 40.9 Å². The highest BCUT2D eigenvalue weighted by atomic mass is 35.5. The van der Waals surface area contributed by atoms with Gasteiger partial charge >= 0.3 is 0 Å². The van der Waals surface area contributed by atoms with E-state index in [4.69, 9.17) is 32.7 Å². The van der Waals surface area contributed by atoms with Crippen molar-refractivity contribution in [2.45, 2.75) is 18.7 Å². The third-order valence-electron chi connectivity index (χ3n) is 3.98. The molecule has 1 N–H and O–H groups in total. The summed E-state index contributed by atoms with van der Waals surface area (Å²) in [6.45, 7) is 3.04. The molecule has 1 heterocycles. The Labute approximate surface area is 167 Å². The van der Waals surface area contributed by atoms with Crippen LogP contribution in [0.5, 0.6) is 11.5 Å². The Bertz CT molecular complexity index is 780. The minimum absolute atomic E-state index is 0.0411. The first-order valence-electron chi connectivity index (χ1n) is 8.24. The molecule has 1 atom stereocenters. The van der Waals surface area contributed by atoms with Crippen LogP contribution in [0.3, 0.4) is 0 Å². The maximum absolute atomic E-state index is 12.2. The van der Waals surface area contributed by atoms with Crippen LogP contribution in [0, 0.1) is 0 Å². The normalized spacial score (nSPS) is 14.0. The SMILES string of the molecule is C[C@@H](NC(=O)CSCc1c(Cl)cccc1Cl)c1ccc2c(c1)OCCO2. The molecule has 4 nitrogen and oxygen atoms in total. The smallest absolute Gasteiger partial charge is 0.230 e. The predicted molar refractivity (Wildman–Crippen MR) is 107 cm³/mol. The first-order valence-corrected chi connectivity index (χ1v) is 10.1. The Kier molecular flexibility index (Phi) is 6.57. The average molecular weight is 412 g/mol. The summed E-state index contributed by atoms with van der Waals surface area (Å²) in [6.07, 6.45) is 0. The van der Waals surface area contributed by atoms with Gasteiger partial charge in [-0.3, -0.25) is 4.79 Å². The fraction of sp³-hybridized carbons (Fsp3) is 0.316. The molecule has 7 heteroatoms. The van der Waals surface area contributed by atoms with Crippen molar-refractivity contribution in [3.63, 3.8) is 0 Å². The summed E-state index contributed by atoms with van der Waals surface area (Å²) in [4.78, 5) is 12.2. The van der Waals surface area contributed by atoms with Crippen LogP contribution in [0.25, 0.3) is 0 Å². The molecule has 0 spiro atoms. The minimum Gasteiger partial charge on any atom is -0.486 e. The molecule has 0 radical (unpaired) electrons. The first kappa shape index (κ1) is 19.2. The van der Waals surface area contributed by atoms with Gasteiger partial charge in [-0.15, -0.1) is 11.8 Å². The molecule has 1 aliphatic heterocycles. The van der Waals surface area contributed by atoms with Crippen LogP contribution in [0.2, 0.25) is 10.0 Å². The van der Waals surface area contributed by atoms with Crippen LogP contribution >= 0.6 is 35.0 Å². The number of hydrogen-bond acceptors (Lipinski definition) is 4. The first-order chi connectivity index (χ1) is 12.5. The summed E-state index contributed by atoms with van der Waals surface area (Å²) in [6, 6.07) is 11.0. The van der Waals surface area contributed by atoms with Crippen LogP contribution in [0.4, 0.5) is 0 Å². The second-order valence-corrected chi connectivity index (χ2v) is 7.69. The monoisotopic (exact) mass is 411 g/mol. The third kappa shape index (κ3) is 4.78. The second-order valence-electron chi connectivity index (χ2n) is 5.89. The molecule has 0 saturated heterocycles. The summed E-state index contributed by atoms with van der Waals surface area (Å²) in [7, 11) is 0. The lowest BCUT2D eigenvalue weighted by atomic mass is 10.1. The van der Waals surface area contributed by atoms with E-state index in [9.17, 15) is 4.79 Å². The maximum atomic E-state index is 12.2. The molecule has 138 valence electrons. The molecule has 1 aliphatic rings. The third-order valence-corrected chi connectivity index (χ3v) is 5.65. The fourth-order valence-electron chi connectivity index (χ4n) is 2.61. The molecule has 26 heavy (non-hydrogen) atoms. The lowest BCUT2D eigenvalue weighted by Gasteiger charge is -2.21. The van der Waals surface area contributed by atoms with Gasteiger partial charge in [-0.2, -0.15) is 0 Å². The van der Waals surface area contributed by atoms with Gasteiger partial charge in [-0.25, -0.2) is 0 Å². The number of rotatable bonds is 6. The Morgan fingerprint density at radius 2 is 1.85 bits per heavy atom. The summed E-state index contributed by atoms with van der Waals surface area (Å²) in [5.41, 5.74) is 1.83. The summed E-state index contributed by atoms with van der Waals surface area (Å²) in [5.74, 6) is 2.34. The van der Waals surface area contributed by atoms with Crippen molar-refractivity contribution in [2.24, 2.45) is 0 Å². The van der Waals surface area contributed by atoms with Crippen LogP contribution in [0.1, 0.15) is 24.1 Å². The van der Waals surface area contributed by atoms with Crippen LogP contribution in [-0.2, 0) is 10.5 Å². The lowest BCUT2D eigenvalue weighted by Crippen LogP contribution is -2.28. The largest absolute Gasteiger partial charge is 0.486 e. The number of fused-ring (bicyclic) bond motifs is 1. The van der Waals surface area contributed by atoms with Gasteiger partial charge in [0, 0.05) is 15.8 Å². The number of benzene rings is 2. The van der Waals surface area contributed by atoms with Gasteiger partial charge in [0.25, 0.3) is 0 Å². The van der Waals surface area contributed by atoms with Crippen molar-refractivity contribution in [1.29, 1.82) is 0 Å². The van der Waals surface area contributed by atoms with Crippen molar-refractivity contribution in [3.8, 4) is 11.5 Å². The van der Waals surface area contributed by atoms with Gasteiger partial charge < -0.3 is 14.8 Å². The van der Waals surface area contributed by atoms with E-state index in [1.54, 1.807) is 18.2 Å². The van der Waals surface area contributed by atoms with Crippen LogP contribution < -0.4 is 14.8 Å². The van der Waals surface area contributed by atoms with Crippen molar-refractivity contribution in [2.75, 3.05) is 19.0 Å². The van der Waals surface area contributed by atoms with Gasteiger partial charge in [0.15, 0.2) is 11.5 Å². The molecule has 0 saturated carbocycles. The Morgan fingerprint density at radius 3 is 2.58 bits per heavy atom. The van der Waals surface area contributed by atoms with Gasteiger partial charge in [0.2, 0.25) is 5.91 Å². The predicted octanol–water partition coefficient (Wildman–Crippen LogP) is 4.88. The zero-order valence-electron chi connectivity index (χ0n) is 14.3. The van der Waals surface area contributed by atoms with Gasteiger partial charge in [-0.1, -0.05) is 35.3 Å². The molecule has 0 unspecified atom stereocenters. The fourth-order valence-corrected chi connectivity index (χ4v) is 4.19. The maximum Gasteiger partial charge on any atom is 0.230 e. The number of halogens is 2. The standard InChI is InChI=1S/C19H19Cl2NO3S/c1-12(13-5-6-17-18(9-13)25-8-7-24-17)22-19(23)11-26-10-14-15(20)3-2-4-16(14)21/h2-6,9,12H,7-8,10-11H2,1H3,(H,22,23)/t12-/m1/s1. The zero-order valence-corrected chi connectivity index (χ0v) is 16.6. The highest BCUT2D eigenvalue weighted by Gasteiger charge is 2.16. The van der Waals surface area contributed by atoms with E-state index in [1.165, 1.54) is 11.8 Å². The lowest BCUT2D eigenvalue weighted by molar-refractivity contribution is -0.119. The molecule has 0 aromatic heterocycles. The molecule has 2 aromatic rings. The molecule has 0 fully saturated rings. The molecule has 3 rings (SSSR count). The summed E-state index contributed by atoms with van der Waals surface area (Å²) in [5, 5.41) is 4.24. The second kappa shape index (κ2) is 8.89. The molecular weight excluding hydrogens is 393 g/mol. The van der Waals surface area contributed by atoms with Crippen molar-refractivity contribution in [3.05, 3.63) is 57.6 Å². The highest BCUT2D eigenvalue weighted by Crippen LogP contribution is 2.32. The van der Waals surface area contributed by atoms with E-state index in [0.717, 1.165) is 22.6 Å². The van der Waals surface area contributed by atoms with E-state index < -0.39 is 0 Å².